The Kier molecular flexibility index (Phi) is 3.12. The molecule has 2 aliphatic rings. The molecule has 0 aromatic heterocycles. The Morgan fingerprint density at radius 2 is 2.05 bits per heavy atom. The predicted molar refractivity (Wildman–Crippen MR) is 67.5 cm³/mol. The van der Waals surface area contributed by atoms with Crippen molar-refractivity contribution in [2.24, 2.45) is 5.92 Å². The van der Waals surface area contributed by atoms with E-state index in [1.165, 1.54) is 4.90 Å². The van der Waals surface area contributed by atoms with Crippen LogP contribution >= 0.6 is 11.6 Å². The van der Waals surface area contributed by atoms with Gasteiger partial charge < -0.3 is 10.0 Å². The van der Waals surface area contributed by atoms with E-state index in [0.717, 1.165) is 0 Å². The zero-order chi connectivity index (χ0) is 15.5. The van der Waals surface area contributed by atoms with Gasteiger partial charge in [-0.3, -0.25) is 9.59 Å². The molecule has 0 unspecified atom stereocenters. The SMILES string of the molecule is O=C(O)[C@H]1CN([C@@H]2C[C@@H]2F)c2c(cc(F)c(F)c2Cl)C1=O. The van der Waals surface area contributed by atoms with Crippen LogP contribution in [0, 0.1) is 17.6 Å². The summed E-state index contributed by atoms with van der Waals surface area (Å²) in [5, 5.41) is 8.45. The zero-order valence-corrected chi connectivity index (χ0v) is 11.2. The number of benzene rings is 1. The summed E-state index contributed by atoms with van der Waals surface area (Å²) in [7, 11) is 0. The predicted octanol–water partition coefficient (Wildman–Crippen LogP) is 2.43. The molecule has 3 rings (SSSR count). The minimum absolute atomic E-state index is 0.122. The highest BCUT2D eigenvalue weighted by Gasteiger charge is 2.49. The summed E-state index contributed by atoms with van der Waals surface area (Å²) in [6, 6.07) is -0.0441. The van der Waals surface area contributed by atoms with Crippen LogP contribution in [0.3, 0.4) is 0 Å². The van der Waals surface area contributed by atoms with Crippen molar-refractivity contribution in [1.82, 2.24) is 0 Å². The molecule has 0 bridgehead atoms. The second kappa shape index (κ2) is 4.62. The second-order valence-electron chi connectivity index (χ2n) is 5.11. The van der Waals surface area contributed by atoms with E-state index >= 15 is 0 Å². The Bertz CT molecular complexity index is 667. The van der Waals surface area contributed by atoms with Crippen molar-refractivity contribution in [1.29, 1.82) is 0 Å². The molecule has 0 radical (unpaired) electrons. The lowest BCUT2D eigenvalue weighted by Crippen LogP contribution is -2.45. The highest BCUT2D eigenvalue weighted by molar-refractivity contribution is 6.35. The number of alkyl halides is 1. The van der Waals surface area contributed by atoms with E-state index in [-0.39, 0.29) is 24.2 Å². The lowest BCUT2D eigenvalue weighted by Gasteiger charge is -2.34. The third kappa shape index (κ3) is 2.07. The first-order valence-electron chi connectivity index (χ1n) is 6.18. The molecule has 4 nitrogen and oxygen atoms in total. The van der Waals surface area contributed by atoms with Crippen molar-refractivity contribution in [2.75, 3.05) is 11.4 Å². The maximum atomic E-state index is 13.6. The second-order valence-corrected chi connectivity index (χ2v) is 5.49. The normalized spacial score (nSPS) is 27.5. The minimum atomic E-state index is -1.45. The third-order valence-corrected chi connectivity index (χ3v) is 4.11. The molecule has 1 saturated carbocycles. The van der Waals surface area contributed by atoms with Crippen LogP contribution in [-0.4, -0.2) is 35.6 Å². The Balaban J connectivity index is 2.18. The smallest absolute Gasteiger partial charge is 0.316 e. The molecule has 0 saturated heterocycles. The fraction of sp³-hybridized carbons (Fsp3) is 0.385. The maximum absolute atomic E-state index is 13.6. The van der Waals surface area contributed by atoms with Gasteiger partial charge >= 0.3 is 5.97 Å². The van der Waals surface area contributed by atoms with Crippen molar-refractivity contribution >= 4 is 29.0 Å². The van der Waals surface area contributed by atoms with Gasteiger partial charge in [-0.2, -0.15) is 0 Å². The van der Waals surface area contributed by atoms with Crippen molar-refractivity contribution in [3.63, 3.8) is 0 Å². The number of hydrogen-bond acceptors (Lipinski definition) is 3. The number of fused-ring (bicyclic) bond motifs is 1. The number of carbonyl (C=O) groups excluding carboxylic acids is 1. The number of anilines is 1. The molecule has 1 aliphatic carbocycles. The Hall–Kier alpha value is -1.76. The molecule has 1 aromatic rings. The van der Waals surface area contributed by atoms with E-state index in [2.05, 4.69) is 0 Å². The molecule has 1 fully saturated rings. The largest absolute Gasteiger partial charge is 0.481 e. The number of Topliss-reactive ketones (excluding diaryl/α,β-unsaturated/α-hetero) is 1. The molecule has 0 spiro atoms. The van der Waals surface area contributed by atoms with Crippen LogP contribution in [0.4, 0.5) is 18.9 Å². The summed E-state index contributed by atoms with van der Waals surface area (Å²) in [5.74, 6) is -6.38. The van der Waals surface area contributed by atoms with Gasteiger partial charge in [0.1, 0.15) is 17.1 Å². The van der Waals surface area contributed by atoms with Gasteiger partial charge in [-0.25, -0.2) is 13.2 Å². The van der Waals surface area contributed by atoms with E-state index in [0.29, 0.717) is 6.07 Å². The van der Waals surface area contributed by atoms with Crippen LogP contribution in [0.5, 0.6) is 0 Å². The molecule has 1 aromatic carbocycles. The zero-order valence-electron chi connectivity index (χ0n) is 10.4. The molecule has 1 heterocycles. The van der Waals surface area contributed by atoms with E-state index in [9.17, 15) is 22.8 Å². The van der Waals surface area contributed by atoms with Gasteiger partial charge in [0.15, 0.2) is 17.4 Å². The first-order chi connectivity index (χ1) is 9.82. The summed E-state index contributed by atoms with van der Waals surface area (Å²) in [6.07, 6.45) is -1.07. The number of carboxylic acid groups (broad SMARTS) is 1. The average molecular weight is 320 g/mol. The molecule has 8 heteroatoms. The van der Waals surface area contributed by atoms with Gasteiger partial charge in [-0.05, 0) is 6.07 Å². The van der Waals surface area contributed by atoms with Crippen molar-refractivity contribution < 1.29 is 27.9 Å². The summed E-state index contributed by atoms with van der Waals surface area (Å²) < 4.78 is 40.3. The number of carboxylic acids is 1. The molecule has 3 atom stereocenters. The summed E-state index contributed by atoms with van der Waals surface area (Å²) >= 11 is 5.74. The third-order valence-electron chi connectivity index (χ3n) is 3.76. The first-order valence-corrected chi connectivity index (χ1v) is 6.56. The van der Waals surface area contributed by atoms with Gasteiger partial charge in [-0.15, -0.1) is 0 Å². The van der Waals surface area contributed by atoms with Crippen LogP contribution in [-0.2, 0) is 4.79 Å². The van der Waals surface area contributed by atoms with Gasteiger partial charge in [0.25, 0.3) is 0 Å². The maximum Gasteiger partial charge on any atom is 0.316 e. The number of ketones is 1. The Morgan fingerprint density at radius 3 is 2.57 bits per heavy atom. The molecule has 1 aliphatic heterocycles. The molecular weight excluding hydrogens is 311 g/mol. The fourth-order valence-electron chi connectivity index (χ4n) is 2.58. The Morgan fingerprint density at radius 1 is 1.43 bits per heavy atom. The standard InChI is InChI=1S/C13H9ClF3NO3/c14-9-10(17)7(16)1-4-11(9)18(8-2-6(8)15)3-5(12(4)19)13(20)21/h1,5-6,8H,2-3H2,(H,20,21)/t5-,6-,8+/m0/s1. The fourth-order valence-corrected chi connectivity index (χ4v) is 2.88. The lowest BCUT2D eigenvalue weighted by molar-refractivity contribution is -0.139. The van der Waals surface area contributed by atoms with E-state index in [1.54, 1.807) is 0 Å². The van der Waals surface area contributed by atoms with Crippen molar-refractivity contribution in [2.45, 2.75) is 18.6 Å². The van der Waals surface area contributed by atoms with Crippen molar-refractivity contribution in [3.8, 4) is 0 Å². The number of aliphatic carboxylic acids is 1. The molecular formula is C13H9ClF3NO3. The van der Waals surface area contributed by atoms with E-state index < -0.39 is 46.5 Å². The van der Waals surface area contributed by atoms with Crippen LogP contribution < -0.4 is 4.90 Å². The Labute approximate surface area is 122 Å². The first kappa shape index (κ1) is 14.2. The van der Waals surface area contributed by atoms with Crippen molar-refractivity contribution in [3.05, 3.63) is 28.3 Å². The highest BCUT2D eigenvalue weighted by Crippen LogP contribution is 2.44. The van der Waals surface area contributed by atoms with Crippen LogP contribution in [0.15, 0.2) is 6.07 Å². The monoisotopic (exact) mass is 319 g/mol. The van der Waals surface area contributed by atoms with Gasteiger partial charge in [0.05, 0.1) is 11.7 Å². The number of nitrogens with zero attached hydrogens (tertiary/aromatic N) is 1. The van der Waals surface area contributed by atoms with Crippen LogP contribution in [0.25, 0.3) is 0 Å². The molecule has 112 valence electrons. The number of rotatable bonds is 2. The summed E-state index contributed by atoms with van der Waals surface area (Å²) in [5.41, 5.74) is -0.445. The molecule has 0 amide bonds. The van der Waals surface area contributed by atoms with E-state index in [4.69, 9.17) is 16.7 Å². The average Bonchev–Trinajstić information content (AvgIpc) is 3.14. The van der Waals surface area contributed by atoms with Gasteiger partial charge in [-0.1, -0.05) is 11.6 Å². The summed E-state index contributed by atoms with van der Waals surface area (Å²) in [6.45, 7) is -0.308. The van der Waals surface area contributed by atoms with Gasteiger partial charge in [0.2, 0.25) is 0 Å². The van der Waals surface area contributed by atoms with E-state index in [1.807, 2.05) is 0 Å². The highest BCUT2D eigenvalue weighted by atomic mass is 35.5. The number of hydrogen-bond donors (Lipinski definition) is 1. The minimum Gasteiger partial charge on any atom is -0.481 e. The summed E-state index contributed by atoms with van der Waals surface area (Å²) in [4.78, 5) is 24.5. The van der Waals surface area contributed by atoms with Crippen LogP contribution in [0.1, 0.15) is 16.8 Å². The number of halogens is 4. The molecule has 1 N–H and O–H groups in total. The topological polar surface area (TPSA) is 57.6 Å². The van der Waals surface area contributed by atoms with Crippen LogP contribution in [0.2, 0.25) is 5.02 Å². The quantitative estimate of drug-likeness (QED) is 0.672. The molecule has 21 heavy (non-hydrogen) atoms. The van der Waals surface area contributed by atoms with Gasteiger partial charge in [0, 0.05) is 18.5 Å². The number of carbonyl (C=O) groups is 2. The lowest BCUT2D eigenvalue weighted by atomic mass is 9.90.